The predicted octanol–water partition coefficient (Wildman–Crippen LogP) is 3.52. The van der Waals surface area contributed by atoms with Crippen LogP contribution in [-0.4, -0.2) is 27.7 Å². The van der Waals surface area contributed by atoms with Crippen LogP contribution in [0.4, 0.5) is 18.9 Å². The number of halogens is 3. The Hall–Kier alpha value is -2.80. The summed E-state index contributed by atoms with van der Waals surface area (Å²) in [7, 11) is 0. The van der Waals surface area contributed by atoms with Crippen molar-refractivity contribution in [2.75, 3.05) is 11.4 Å². The number of aryl methyl sites for hydroxylation is 1. The molecule has 2 rings (SSSR count). The Bertz CT molecular complexity index is 936. The van der Waals surface area contributed by atoms with Crippen LogP contribution in [-0.2, 0) is 11.0 Å². The van der Waals surface area contributed by atoms with Gasteiger partial charge in [-0.05, 0) is 26.0 Å². The van der Waals surface area contributed by atoms with Crippen molar-refractivity contribution >= 4 is 23.4 Å². The normalized spacial score (nSPS) is 12.3. The summed E-state index contributed by atoms with van der Waals surface area (Å²) in [6.07, 6.45) is -4.67. The smallest absolute Gasteiger partial charge is 0.310 e. The van der Waals surface area contributed by atoms with Gasteiger partial charge in [-0.1, -0.05) is 29.5 Å². The highest BCUT2D eigenvalue weighted by atomic mass is 32.2. The Morgan fingerprint density at radius 3 is 2.57 bits per heavy atom. The number of nitriles is 1. The lowest BCUT2D eigenvalue weighted by Gasteiger charge is -2.25. The maximum atomic E-state index is 12.9. The fourth-order valence-electron chi connectivity index (χ4n) is 2.33. The molecule has 1 aromatic carbocycles. The summed E-state index contributed by atoms with van der Waals surface area (Å²) in [6.45, 7) is 3.52. The van der Waals surface area contributed by atoms with Gasteiger partial charge in [0, 0.05) is 18.3 Å². The molecule has 0 aliphatic heterocycles. The van der Waals surface area contributed by atoms with E-state index in [1.807, 2.05) is 25.1 Å². The number of amides is 1. The summed E-state index contributed by atoms with van der Waals surface area (Å²) >= 11 is 0.715. The van der Waals surface area contributed by atoms with Crippen molar-refractivity contribution in [2.45, 2.75) is 36.9 Å². The zero-order chi connectivity index (χ0) is 20.9. The van der Waals surface area contributed by atoms with Gasteiger partial charge in [0.2, 0.25) is 5.91 Å². The lowest BCUT2D eigenvalue weighted by Crippen LogP contribution is -2.37. The highest BCUT2D eigenvalue weighted by molar-refractivity contribution is 8.00. The number of anilines is 1. The quantitative estimate of drug-likeness (QED) is 0.581. The zero-order valence-corrected chi connectivity index (χ0v) is 15.9. The molecule has 0 aliphatic carbocycles. The van der Waals surface area contributed by atoms with Crippen LogP contribution in [0.15, 0.2) is 40.3 Å². The summed E-state index contributed by atoms with van der Waals surface area (Å²) in [4.78, 5) is 31.4. The number of nitrogens with one attached hydrogen (secondary N) is 1. The number of nitrogens with zero attached hydrogens (tertiary/aromatic N) is 3. The Morgan fingerprint density at radius 2 is 2.00 bits per heavy atom. The molecule has 1 amide bonds. The number of benzene rings is 1. The van der Waals surface area contributed by atoms with Crippen LogP contribution in [0, 0.1) is 18.3 Å². The number of H-pyrrole nitrogens is 1. The van der Waals surface area contributed by atoms with E-state index in [1.165, 1.54) is 11.8 Å². The largest absolute Gasteiger partial charge is 0.433 e. The van der Waals surface area contributed by atoms with E-state index in [1.54, 1.807) is 12.1 Å². The number of hydrogen-bond donors (Lipinski definition) is 1. The van der Waals surface area contributed by atoms with Gasteiger partial charge in [-0.2, -0.15) is 18.4 Å². The average molecular weight is 410 g/mol. The van der Waals surface area contributed by atoms with Gasteiger partial charge in [-0.25, -0.2) is 4.98 Å². The molecule has 1 aromatic heterocycles. The lowest BCUT2D eigenvalue weighted by atomic mass is 10.2. The maximum Gasteiger partial charge on any atom is 0.433 e. The van der Waals surface area contributed by atoms with E-state index < -0.39 is 28.6 Å². The van der Waals surface area contributed by atoms with E-state index in [9.17, 15) is 22.8 Å². The predicted molar refractivity (Wildman–Crippen MR) is 98.9 cm³/mol. The van der Waals surface area contributed by atoms with Crippen molar-refractivity contribution in [3.05, 3.63) is 51.9 Å². The number of alkyl halides is 3. The summed E-state index contributed by atoms with van der Waals surface area (Å²) < 4.78 is 38.5. The molecule has 1 unspecified atom stereocenters. The van der Waals surface area contributed by atoms with Crippen molar-refractivity contribution in [1.29, 1.82) is 5.26 Å². The molecule has 0 aliphatic rings. The van der Waals surface area contributed by atoms with Crippen LogP contribution in [0.25, 0.3) is 0 Å². The van der Waals surface area contributed by atoms with Gasteiger partial charge >= 0.3 is 6.18 Å². The van der Waals surface area contributed by atoms with E-state index >= 15 is 0 Å². The SMILES string of the molecule is Cc1ccc(N(CCC#N)C(=O)C(C)Sc2nc(C(F)(F)F)cc(=O)[nH]2)cc1. The van der Waals surface area contributed by atoms with E-state index in [2.05, 4.69) is 9.97 Å². The molecule has 1 heterocycles. The second kappa shape index (κ2) is 8.93. The molecule has 0 spiro atoms. The molecule has 6 nitrogen and oxygen atoms in total. The van der Waals surface area contributed by atoms with Gasteiger partial charge in [0.05, 0.1) is 17.7 Å². The first-order chi connectivity index (χ1) is 13.1. The van der Waals surface area contributed by atoms with Crippen molar-refractivity contribution < 1.29 is 18.0 Å². The van der Waals surface area contributed by atoms with Crippen LogP contribution in [0.2, 0.25) is 0 Å². The first-order valence-electron chi connectivity index (χ1n) is 8.22. The third kappa shape index (κ3) is 5.60. The Labute approximate surface area is 163 Å². The molecule has 0 saturated heterocycles. The number of carbonyl (C=O) groups is 1. The van der Waals surface area contributed by atoms with Crippen molar-refractivity contribution in [3.63, 3.8) is 0 Å². The molecular weight excluding hydrogens is 393 g/mol. The van der Waals surface area contributed by atoms with Crippen LogP contribution >= 0.6 is 11.8 Å². The molecule has 0 fully saturated rings. The first kappa shape index (κ1) is 21.5. The van der Waals surface area contributed by atoms with Gasteiger partial charge < -0.3 is 9.88 Å². The molecule has 1 N–H and O–H groups in total. The molecule has 1 atom stereocenters. The molecule has 148 valence electrons. The minimum absolute atomic E-state index is 0.0929. The molecule has 0 radical (unpaired) electrons. The van der Waals surface area contributed by atoms with Crippen LogP contribution < -0.4 is 10.5 Å². The fourth-order valence-corrected chi connectivity index (χ4v) is 3.20. The Kier molecular flexibility index (Phi) is 6.85. The minimum Gasteiger partial charge on any atom is -0.310 e. The molecular formula is C18H17F3N4O2S. The lowest BCUT2D eigenvalue weighted by molar-refractivity contribution is -0.141. The summed E-state index contributed by atoms with van der Waals surface area (Å²) in [5.41, 5.74) is -0.712. The number of hydrogen-bond acceptors (Lipinski definition) is 5. The number of aromatic amines is 1. The van der Waals surface area contributed by atoms with E-state index in [0.29, 0.717) is 23.5 Å². The summed E-state index contributed by atoms with van der Waals surface area (Å²) in [5.74, 6) is -0.413. The molecule has 28 heavy (non-hydrogen) atoms. The van der Waals surface area contributed by atoms with Crippen LogP contribution in [0.3, 0.4) is 0 Å². The monoisotopic (exact) mass is 410 g/mol. The number of aromatic nitrogens is 2. The van der Waals surface area contributed by atoms with Gasteiger partial charge in [-0.3, -0.25) is 9.59 Å². The molecule has 0 bridgehead atoms. The second-order valence-corrected chi connectivity index (χ2v) is 7.26. The number of rotatable bonds is 6. The Balaban J connectivity index is 2.25. The van der Waals surface area contributed by atoms with Gasteiger partial charge in [0.15, 0.2) is 10.9 Å². The average Bonchev–Trinajstić information content (AvgIpc) is 2.62. The van der Waals surface area contributed by atoms with Gasteiger partial charge in [0.25, 0.3) is 5.56 Å². The van der Waals surface area contributed by atoms with Crippen molar-refractivity contribution in [2.24, 2.45) is 0 Å². The van der Waals surface area contributed by atoms with Crippen molar-refractivity contribution in [3.8, 4) is 6.07 Å². The molecule has 2 aromatic rings. The zero-order valence-electron chi connectivity index (χ0n) is 15.1. The maximum absolute atomic E-state index is 12.9. The number of thioether (sulfide) groups is 1. The van der Waals surface area contributed by atoms with Gasteiger partial charge in [0.1, 0.15) is 0 Å². The minimum atomic E-state index is -4.77. The summed E-state index contributed by atoms with van der Waals surface area (Å²) in [5, 5.41) is 7.71. The van der Waals surface area contributed by atoms with E-state index in [-0.39, 0.29) is 18.1 Å². The molecule has 0 saturated carbocycles. The fraction of sp³-hybridized carbons (Fsp3) is 0.333. The number of carbonyl (C=O) groups excluding carboxylic acids is 1. The third-order valence-electron chi connectivity index (χ3n) is 3.71. The summed E-state index contributed by atoms with van der Waals surface area (Å²) in [6, 6.07) is 9.41. The highest BCUT2D eigenvalue weighted by Gasteiger charge is 2.34. The standard InChI is InChI=1S/C18H17F3N4O2S/c1-11-4-6-13(7-5-11)25(9-3-8-22)16(27)12(2)28-17-23-14(18(19,20)21)10-15(26)24-17/h4-7,10,12H,3,9H2,1-2H3,(H,23,24,26). The Morgan fingerprint density at radius 1 is 1.36 bits per heavy atom. The van der Waals surface area contributed by atoms with Crippen LogP contribution in [0.1, 0.15) is 24.6 Å². The van der Waals surface area contributed by atoms with E-state index in [0.717, 1.165) is 5.56 Å². The molecule has 10 heteroatoms. The first-order valence-corrected chi connectivity index (χ1v) is 9.10. The van der Waals surface area contributed by atoms with Crippen molar-refractivity contribution in [1.82, 2.24) is 9.97 Å². The third-order valence-corrected chi connectivity index (χ3v) is 4.68. The topological polar surface area (TPSA) is 89.8 Å². The van der Waals surface area contributed by atoms with Crippen LogP contribution in [0.5, 0.6) is 0 Å². The second-order valence-electron chi connectivity index (χ2n) is 5.93. The van der Waals surface area contributed by atoms with Gasteiger partial charge in [-0.15, -0.1) is 0 Å². The highest BCUT2D eigenvalue weighted by Crippen LogP contribution is 2.29. The van der Waals surface area contributed by atoms with E-state index in [4.69, 9.17) is 5.26 Å².